The van der Waals surface area contributed by atoms with Gasteiger partial charge in [-0.15, -0.1) is 0 Å². The van der Waals surface area contributed by atoms with Gasteiger partial charge in [-0.25, -0.2) is 0 Å². The molecule has 2 saturated carbocycles. The van der Waals surface area contributed by atoms with E-state index < -0.39 is 5.41 Å². The Balaban J connectivity index is 1.98. The number of hydrogen-bond donors (Lipinski definition) is 0. The molecule has 0 N–H and O–H groups in total. The lowest BCUT2D eigenvalue weighted by molar-refractivity contribution is -0.143. The third kappa shape index (κ3) is 1.94. The SMILES string of the molecule is CCN(C(=O)C12CCC(C1)C(C)(C)C2=O)c1cccc(C)c1. The highest BCUT2D eigenvalue weighted by molar-refractivity contribution is 6.15. The van der Waals surface area contributed by atoms with Crippen LogP contribution in [0.3, 0.4) is 0 Å². The molecule has 0 aromatic heterocycles. The van der Waals surface area contributed by atoms with Crippen molar-refractivity contribution < 1.29 is 9.59 Å². The van der Waals surface area contributed by atoms with Gasteiger partial charge < -0.3 is 4.90 Å². The molecule has 2 atom stereocenters. The number of nitrogens with zero attached hydrogens (tertiary/aromatic N) is 1. The van der Waals surface area contributed by atoms with Gasteiger partial charge in [0.15, 0.2) is 5.78 Å². The molecule has 0 saturated heterocycles. The number of fused-ring (bicyclic) bond motifs is 2. The fourth-order valence-electron chi connectivity index (χ4n) is 4.46. The van der Waals surface area contributed by atoms with Gasteiger partial charge in [0, 0.05) is 17.6 Å². The molecule has 0 radical (unpaired) electrons. The maximum Gasteiger partial charge on any atom is 0.240 e. The van der Waals surface area contributed by atoms with E-state index in [4.69, 9.17) is 0 Å². The molecule has 0 heterocycles. The molecule has 2 bridgehead atoms. The van der Waals surface area contributed by atoms with Crippen LogP contribution in [0, 0.1) is 23.7 Å². The number of rotatable bonds is 3. The van der Waals surface area contributed by atoms with Crippen molar-refractivity contribution in [3.05, 3.63) is 29.8 Å². The monoisotopic (exact) mass is 299 g/mol. The summed E-state index contributed by atoms with van der Waals surface area (Å²) in [5, 5.41) is 0. The zero-order valence-electron chi connectivity index (χ0n) is 14.0. The molecule has 1 aromatic rings. The maximum atomic E-state index is 13.3. The topological polar surface area (TPSA) is 37.4 Å². The van der Waals surface area contributed by atoms with Crippen LogP contribution in [0.1, 0.15) is 45.6 Å². The molecule has 3 rings (SSSR count). The second-order valence-electron chi connectivity index (χ2n) is 7.46. The van der Waals surface area contributed by atoms with Crippen molar-refractivity contribution in [2.24, 2.45) is 16.7 Å². The van der Waals surface area contributed by atoms with Crippen molar-refractivity contribution >= 4 is 17.4 Å². The molecule has 2 aliphatic rings. The molecular weight excluding hydrogens is 274 g/mol. The summed E-state index contributed by atoms with van der Waals surface area (Å²) in [5.41, 5.74) is 0.917. The molecule has 0 aliphatic heterocycles. The zero-order chi connectivity index (χ0) is 16.1. The molecule has 1 aromatic carbocycles. The van der Waals surface area contributed by atoms with Gasteiger partial charge in [0.05, 0.1) is 0 Å². The van der Waals surface area contributed by atoms with Crippen molar-refractivity contribution in [2.75, 3.05) is 11.4 Å². The lowest BCUT2D eigenvalue weighted by Gasteiger charge is -2.35. The van der Waals surface area contributed by atoms with Crippen LogP contribution in [-0.2, 0) is 9.59 Å². The Morgan fingerprint density at radius 3 is 2.64 bits per heavy atom. The van der Waals surface area contributed by atoms with Crippen molar-refractivity contribution in [1.82, 2.24) is 0 Å². The zero-order valence-corrected chi connectivity index (χ0v) is 14.0. The summed E-state index contributed by atoms with van der Waals surface area (Å²) >= 11 is 0. The first-order chi connectivity index (χ1) is 10.3. The summed E-state index contributed by atoms with van der Waals surface area (Å²) in [6, 6.07) is 7.97. The van der Waals surface area contributed by atoms with Crippen LogP contribution < -0.4 is 4.90 Å². The first-order valence-electron chi connectivity index (χ1n) is 8.26. The second kappa shape index (κ2) is 4.94. The average molecular weight is 299 g/mol. The van der Waals surface area contributed by atoms with E-state index in [9.17, 15) is 9.59 Å². The molecule has 1 amide bonds. The van der Waals surface area contributed by atoms with E-state index in [0.717, 1.165) is 30.5 Å². The van der Waals surface area contributed by atoms with Gasteiger partial charge in [0.25, 0.3) is 0 Å². The molecule has 3 heteroatoms. The summed E-state index contributed by atoms with van der Waals surface area (Å²) in [7, 11) is 0. The minimum Gasteiger partial charge on any atom is -0.312 e. The molecule has 2 fully saturated rings. The Kier molecular flexibility index (Phi) is 3.42. The highest BCUT2D eigenvalue weighted by Crippen LogP contribution is 2.60. The van der Waals surface area contributed by atoms with Crippen LogP contribution in [0.5, 0.6) is 0 Å². The minimum atomic E-state index is -0.770. The quantitative estimate of drug-likeness (QED) is 0.797. The van der Waals surface area contributed by atoms with Crippen molar-refractivity contribution in [2.45, 2.75) is 47.0 Å². The van der Waals surface area contributed by atoms with E-state index in [-0.39, 0.29) is 17.1 Å². The van der Waals surface area contributed by atoms with Gasteiger partial charge in [0.1, 0.15) is 5.41 Å². The fraction of sp³-hybridized carbons (Fsp3) is 0.579. The normalized spacial score (nSPS) is 28.9. The van der Waals surface area contributed by atoms with Gasteiger partial charge in [-0.1, -0.05) is 26.0 Å². The second-order valence-corrected chi connectivity index (χ2v) is 7.46. The summed E-state index contributed by atoms with van der Waals surface area (Å²) in [6.07, 6.45) is 2.46. The minimum absolute atomic E-state index is 0.0127. The summed E-state index contributed by atoms with van der Waals surface area (Å²) in [5.74, 6) is 0.534. The predicted molar refractivity (Wildman–Crippen MR) is 87.8 cm³/mol. The highest BCUT2D eigenvalue weighted by Gasteiger charge is 2.65. The van der Waals surface area contributed by atoms with Gasteiger partial charge in [-0.05, 0) is 56.7 Å². The van der Waals surface area contributed by atoms with Gasteiger partial charge in [0.2, 0.25) is 5.91 Å². The van der Waals surface area contributed by atoms with Crippen LogP contribution in [0.15, 0.2) is 24.3 Å². The van der Waals surface area contributed by atoms with Gasteiger partial charge >= 0.3 is 0 Å². The van der Waals surface area contributed by atoms with Crippen LogP contribution in [-0.4, -0.2) is 18.2 Å². The van der Waals surface area contributed by atoms with E-state index >= 15 is 0 Å². The van der Waals surface area contributed by atoms with Crippen LogP contribution in [0.25, 0.3) is 0 Å². The molecule has 2 unspecified atom stereocenters. The molecular formula is C19H25NO2. The van der Waals surface area contributed by atoms with E-state index in [2.05, 4.69) is 0 Å². The number of amides is 1. The van der Waals surface area contributed by atoms with Crippen LogP contribution >= 0.6 is 0 Å². The molecule has 22 heavy (non-hydrogen) atoms. The lowest BCUT2D eigenvalue weighted by Crippen LogP contribution is -2.49. The Bertz CT molecular complexity index is 634. The Labute approximate surface area is 132 Å². The average Bonchev–Trinajstić information content (AvgIpc) is 3.00. The molecule has 118 valence electrons. The smallest absolute Gasteiger partial charge is 0.240 e. The van der Waals surface area contributed by atoms with Gasteiger partial charge in [-0.3, -0.25) is 9.59 Å². The maximum absolute atomic E-state index is 13.3. The highest BCUT2D eigenvalue weighted by atomic mass is 16.2. The number of Topliss-reactive ketones (excluding diaryl/α,β-unsaturated/α-hetero) is 1. The van der Waals surface area contributed by atoms with Crippen LogP contribution in [0.4, 0.5) is 5.69 Å². The summed E-state index contributed by atoms with van der Waals surface area (Å²) in [6.45, 7) is 8.63. The Morgan fingerprint density at radius 1 is 1.36 bits per heavy atom. The van der Waals surface area contributed by atoms with Crippen molar-refractivity contribution in [1.29, 1.82) is 0 Å². The van der Waals surface area contributed by atoms with E-state index in [0.29, 0.717) is 12.5 Å². The third-order valence-corrected chi connectivity index (χ3v) is 5.84. The molecule has 3 nitrogen and oxygen atoms in total. The Hall–Kier alpha value is -1.64. The van der Waals surface area contributed by atoms with Gasteiger partial charge in [-0.2, -0.15) is 0 Å². The fourth-order valence-corrected chi connectivity index (χ4v) is 4.46. The largest absolute Gasteiger partial charge is 0.312 e. The third-order valence-electron chi connectivity index (χ3n) is 5.84. The number of carbonyl (C=O) groups is 2. The van der Waals surface area contributed by atoms with Crippen LogP contribution in [0.2, 0.25) is 0 Å². The first-order valence-corrected chi connectivity index (χ1v) is 8.26. The Morgan fingerprint density at radius 2 is 2.09 bits per heavy atom. The van der Waals surface area contributed by atoms with E-state index in [1.807, 2.05) is 52.0 Å². The first kappa shape index (κ1) is 15.3. The van der Waals surface area contributed by atoms with Crippen molar-refractivity contribution in [3.63, 3.8) is 0 Å². The number of carbonyl (C=O) groups excluding carboxylic acids is 2. The molecule has 0 spiro atoms. The number of hydrogen-bond acceptors (Lipinski definition) is 2. The number of aryl methyl sites for hydroxylation is 1. The standard InChI is InChI=1S/C19H25NO2/c1-5-20(15-8-6-7-13(2)11-15)17(22)19-10-9-14(12-19)18(3,4)16(19)21/h6-8,11,14H,5,9-10,12H2,1-4H3. The number of anilines is 1. The lowest BCUT2D eigenvalue weighted by atomic mass is 9.70. The van der Waals surface area contributed by atoms with Crippen molar-refractivity contribution in [3.8, 4) is 0 Å². The number of ketones is 1. The summed E-state index contributed by atoms with van der Waals surface area (Å²) in [4.78, 5) is 28.0. The predicted octanol–water partition coefficient (Wildman–Crippen LogP) is 3.74. The van der Waals surface area contributed by atoms with E-state index in [1.165, 1.54) is 0 Å². The summed E-state index contributed by atoms with van der Waals surface area (Å²) < 4.78 is 0. The molecule has 2 aliphatic carbocycles. The van der Waals surface area contributed by atoms with E-state index in [1.54, 1.807) is 4.90 Å². The number of benzene rings is 1.